The highest BCUT2D eigenvalue weighted by molar-refractivity contribution is 5.66. The number of carboxylic acids is 1. The molecule has 0 heterocycles. The van der Waals surface area contributed by atoms with Crippen molar-refractivity contribution in [3.8, 4) is 0 Å². The first kappa shape index (κ1) is 23.1. The molecule has 0 spiro atoms. The predicted octanol–water partition coefficient (Wildman–Crippen LogP) is 5.74. The Balaban J connectivity index is 3.57. The van der Waals surface area contributed by atoms with Crippen molar-refractivity contribution in [2.75, 3.05) is 0 Å². The van der Waals surface area contributed by atoms with Gasteiger partial charge in [0, 0.05) is 6.42 Å². The highest BCUT2D eigenvalue weighted by Gasteiger charge is 1.94. The highest BCUT2D eigenvalue weighted by atomic mass is 16.4. The number of aliphatic carboxylic acids is 1. The van der Waals surface area contributed by atoms with Crippen molar-refractivity contribution in [1.29, 1.82) is 0 Å². The van der Waals surface area contributed by atoms with E-state index in [2.05, 4.69) is 43.4 Å². The summed E-state index contributed by atoms with van der Waals surface area (Å²) < 4.78 is 0. The fourth-order valence-electron chi connectivity index (χ4n) is 2.11. The second-order valence-corrected chi connectivity index (χ2v) is 5.90. The summed E-state index contributed by atoms with van der Waals surface area (Å²) in [6, 6.07) is 0. The lowest BCUT2D eigenvalue weighted by Crippen LogP contribution is -1.98. The molecule has 0 aliphatic heterocycles. The van der Waals surface area contributed by atoms with E-state index in [-0.39, 0.29) is 6.42 Å². The molecule has 1 atom stereocenters. The van der Waals surface area contributed by atoms with Gasteiger partial charge in [0.25, 0.3) is 0 Å². The molecule has 3 nitrogen and oxygen atoms in total. The molecule has 140 valence electrons. The third-order valence-corrected chi connectivity index (χ3v) is 3.50. The minimum atomic E-state index is -0.703. The van der Waals surface area contributed by atoms with Crippen molar-refractivity contribution in [1.82, 2.24) is 0 Å². The van der Waals surface area contributed by atoms with Crippen LogP contribution in [0.4, 0.5) is 0 Å². The Bertz CT molecular complexity index is 456. The molecule has 0 fully saturated rings. The number of unbranched alkanes of at least 4 members (excludes halogenated alkanes) is 3. The standard InChI is InChI=1S/C22H34O3/c1-2-3-15-18-21(23)19-16-13-11-9-7-5-4-6-8-10-12-14-17-20-22(24)25/h3,5-8,11,13,15-16,19,21,23H,2,4,9-10,12,14,17-18,20H2,1H3,(H,24,25). The number of rotatable bonds is 15. The zero-order valence-corrected chi connectivity index (χ0v) is 15.5. The van der Waals surface area contributed by atoms with E-state index >= 15 is 0 Å². The fourth-order valence-corrected chi connectivity index (χ4v) is 2.11. The maximum absolute atomic E-state index is 10.4. The predicted molar refractivity (Wildman–Crippen MR) is 107 cm³/mol. The first-order chi connectivity index (χ1) is 12.2. The molecule has 0 aromatic carbocycles. The van der Waals surface area contributed by atoms with Crippen LogP contribution in [0.15, 0.2) is 60.8 Å². The maximum Gasteiger partial charge on any atom is 0.303 e. The van der Waals surface area contributed by atoms with Crippen molar-refractivity contribution < 1.29 is 15.0 Å². The zero-order chi connectivity index (χ0) is 18.6. The molecule has 0 radical (unpaired) electrons. The van der Waals surface area contributed by atoms with Gasteiger partial charge in [0.05, 0.1) is 6.10 Å². The molecule has 25 heavy (non-hydrogen) atoms. The SMILES string of the molecule is CCC=CCC(O)C=CC=CCC=CCC=CCCCCCC(=O)O. The Morgan fingerprint density at radius 1 is 0.880 bits per heavy atom. The van der Waals surface area contributed by atoms with E-state index in [4.69, 9.17) is 5.11 Å². The number of aliphatic hydroxyl groups excluding tert-OH is 1. The van der Waals surface area contributed by atoms with Gasteiger partial charge in [0.15, 0.2) is 0 Å². The van der Waals surface area contributed by atoms with Gasteiger partial charge in [-0.2, -0.15) is 0 Å². The fraction of sp³-hybridized carbons (Fsp3) is 0.500. The Hall–Kier alpha value is -1.87. The van der Waals surface area contributed by atoms with Gasteiger partial charge in [-0.1, -0.05) is 74.1 Å². The van der Waals surface area contributed by atoms with Crippen molar-refractivity contribution in [2.45, 2.75) is 70.8 Å². The van der Waals surface area contributed by atoms with Crippen LogP contribution in [0.25, 0.3) is 0 Å². The minimum Gasteiger partial charge on any atom is -0.481 e. The Labute approximate surface area is 153 Å². The summed E-state index contributed by atoms with van der Waals surface area (Å²) in [7, 11) is 0. The third-order valence-electron chi connectivity index (χ3n) is 3.50. The van der Waals surface area contributed by atoms with E-state index in [1.54, 1.807) is 6.08 Å². The summed E-state index contributed by atoms with van der Waals surface area (Å²) in [5.41, 5.74) is 0. The number of aliphatic hydroxyl groups is 1. The Kier molecular flexibility index (Phi) is 17.1. The van der Waals surface area contributed by atoms with Crippen LogP contribution in [0.5, 0.6) is 0 Å². The average molecular weight is 347 g/mol. The molecule has 0 aromatic heterocycles. The van der Waals surface area contributed by atoms with Gasteiger partial charge in [-0.15, -0.1) is 0 Å². The van der Waals surface area contributed by atoms with Crippen LogP contribution in [0, 0.1) is 0 Å². The minimum absolute atomic E-state index is 0.282. The van der Waals surface area contributed by atoms with Gasteiger partial charge in [0.2, 0.25) is 0 Å². The number of hydrogen-bond donors (Lipinski definition) is 2. The van der Waals surface area contributed by atoms with E-state index in [9.17, 15) is 9.90 Å². The van der Waals surface area contributed by atoms with Gasteiger partial charge >= 0.3 is 5.97 Å². The molecule has 0 aliphatic carbocycles. The molecule has 0 saturated carbocycles. The smallest absolute Gasteiger partial charge is 0.303 e. The molecule has 3 heteroatoms. The zero-order valence-electron chi connectivity index (χ0n) is 15.5. The topological polar surface area (TPSA) is 57.5 Å². The molecule has 0 saturated heterocycles. The molecule has 0 rings (SSSR count). The molecule has 0 aliphatic rings. The summed E-state index contributed by atoms with van der Waals surface area (Å²) >= 11 is 0. The molecule has 0 aromatic rings. The number of carbonyl (C=O) groups is 1. The first-order valence-electron chi connectivity index (χ1n) is 9.35. The molecule has 0 amide bonds. The quantitative estimate of drug-likeness (QED) is 0.226. The average Bonchev–Trinajstić information content (AvgIpc) is 2.58. The first-order valence-corrected chi connectivity index (χ1v) is 9.35. The number of hydrogen-bond acceptors (Lipinski definition) is 2. The summed E-state index contributed by atoms with van der Waals surface area (Å²) in [5, 5.41) is 18.2. The van der Waals surface area contributed by atoms with Crippen LogP contribution < -0.4 is 0 Å². The third kappa shape index (κ3) is 20.1. The van der Waals surface area contributed by atoms with E-state index in [1.807, 2.05) is 18.2 Å². The van der Waals surface area contributed by atoms with Gasteiger partial charge in [-0.3, -0.25) is 4.79 Å². The van der Waals surface area contributed by atoms with Crippen LogP contribution in [0.3, 0.4) is 0 Å². The van der Waals surface area contributed by atoms with Crippen LogP contribution in [0.2, 0.25) is 0 Å². The van der Waals surface area contributed by atoms with Crippen molar-refractivity contribution in [3.63, 3.8) is 0 Å². The lowest BCUT2D eigenvalue weighted by molar-refractivity contribution is -0.137. The van der Waals surface area contributed by atoms with Crippen molar-refractivity contribution in [3.05, 3.63) is 60.8 Å². The molecule has 1 unspecified atom stereocenters. The van der Waals surface area contributed by atoms with Gasteiger partial charge in [-0.05, 0) is 44.9 Å². The second kappa shape index (κ2) is 18.5. The largest absolute Gasteiger partial charge is 0.481 e. The second-order valence-electron chi connectivity index (χ2n) is 5.90. The van der Waals surface area contributed by atoms with E-state index in [1.165, 1.54) is 0 Å². The van der Waals surface area contributed by atoms with E-state index < -0.39 is 12.1 Å². The lowest BCUT2D eigenvalue weighted by atomic mass is 10.1. The normalized spacial score (nSPS) is 14.0. The maximum atomic E-state index is 10.4. The molecule has 2 N–H and O–H groups in total. The number of carboxylic acid groups (broad SMARTS) is 1. The van der Waals surface area contributed by atoms with Gasteiger partial charge < -0.3 is 10.2 Å². The summed E-state index contributed by atoms with van der Waals surface area (Å²) in [5.74, 6) is -0.703. The Morgan fingerprint density at radius 2 is 1.60 bits per heavy atom. The van der Waals surface area contributed by atoms with Crippen LogP contribution in [-0.2, 0) is 4.79 Å². The summed E-state index contributed by atoms with van der Waals surface area (Å²) in [6.07, 6.45) is 27.6. The van der Waals surface area contributed by atoms with E-state index in [0.717, 1.165) is 44.9 Å². The molecular formula is C22H34O3. The van der Waals surface area contributed by atoms with Gasteiger partial charge in [0.1, 0.15) is 0 Å². The van der Waals surface area contributed by atoms with Crippen molar-refractivity contribution in [2.24, 2.45) is 0 Å². The van der Waals surface area contributed by atoms with Crippen molar-refractivity contribution >= 4 is 5.97 Å². The Morgan fingerprint density at radius 3 is 2.32 bits per heavy atom. The molecule has 0 bridgehead atoms. The van der Waals surface area contributed by atoms with Crippen LogP contribution in [0.1, 0.15) is 64.7 Å². The highest BCUT2D eigenvalue weighted by Crippen LogP contribution is 2.04. The van der Waals surface area contributed by atoms with Crippen LogP contribution in [-0.4, -0.2) is 22.3 Å². The lowest BCUT2D eigenvalue weighted by Gasteiger charge is -1.98. The monoisotopic (exact) mass is 346 g/mol. The molecular weight excluding hydrogens is 312 g/mol. The summed E-state index contributed by atoms with van der Waals surface area (Å²) in [6.45, 7) is 2.08. The summed E-state index contributed by atoms with van der Waals surface area (Å²) in [4.78, 5) is 10.4. The van der Waals surface area contributed by atoms with Crippen LogP contribution >= 0.6 is 0 Å². The number of allylic oxidation sites excluding steroid dienone is 8. The van der Waals surface area contributed by atoms with E-state index in [0.29, 0.717) is 6.42 Å². The van der Waals surface area contributed by atoms with Gasteiger partial charge in [-0.25, -0.2) is 0 Å².